The highest BCUT2D eigenvalue weighted by atomic mass is 79.9. The molecular weight excluding hydrogens is 320 g/mol. The monoisotopic (exact) mass is 330 g/mol. The van der Waals surface area contributed by atoms with E-state index >= 15 is 0 Å². The minimum Gasteiger partial charge on any atom is -0.493 e. The van der Waals surface area contributed by atoms with Crippen LogP contribution in [0.1, 0.15) is 17.4 Å². The standard InChI is InChI=1S/C12H12BrClN2O2/c1-16-11(10(18-2)6-15-16)12(17)8-5-7(14)3-4-9(8)13/h3-6,12,17H,1-2H3. The highest BCUT2D eigenvalue weighted by Crippen LogP contribution is 2.34. The summed E-state index contributed by atoms with van der Waals surface area (Å²) in [5.74, 6) is 0.539. The Hall–Kier alpha value is -1.04. The van der Waals surface area contributed by atoms with Gasteiger partial charge in [-0.05, 0) is 18.2 Å². The molecule has 0 bridgehead atoms. The zero-order chi connectivity index (χ0) is 13.3. The number of rotatable bonds is 3. The number of hydrogen-bond acceptors (Lipinski definition) is 3. The quantitative estimate of drug-likeness (QED) is 0.940. The number of ether oxygens (including phenoxy) is 1. The maximum Gasteiger partial charge on any atom is 0.162 e. The van der Waals surface area contributed by atoms with Crippen molar-refractivity contribution in [1.82, 2.24) is 9.78 Å². The summed E-state index contributed by atoms with van der Waals surface area (Å²) in [5.41, 5.74) is 1.25. The van der Waals surface area contributed by atoms with E-state index in [0.29, 0.717) is 22.0 Å². The van der Waals surface area contributed by atoms with Crippen molar-refractivity contribution in [3.8, 4) is 5.75 Å². The predicted molar refractivity (Wildman–Crippen MR) is 73.0 cm³/mol. The maximum atomic E-state index is 10.4. The number of aromatic nitrogens is 2. The van der Waals surface area contributed by atoms with E-state index in [1.807, 2.05) is 0 Å². The Morgan fingerprint density at radius 2 is 2.22 bits per heavy atom. The zero-order valence-corrected chi connectivity index (χ0v) is 12.2. The predicted octanol–water partition coefficient (Wildman–Crippen LogP) is 2.93. The second-order valence-corrected chi connectivity index (χ2v) is 5.08. The van der Waals surface area contributed by atoms with Crippen LogP contribution in [0.3, 0.4) is 0 Å². The molecule has 0 aliphatic carbocycles. The molecule has 1 atom stereocenters. The van der Waals surface area contributed by atoms with Crippen LogP contribution in [-0.4, -0.2) is 22.0 Å². The summed E-state index contributed by atoms with van der Waals surface area (Å²) < 4.78 is 7.55. The van der Waals surface area contributed by atoms with Gasteiger partial charge in [-0.25, -0.2) is 0 Å². The maximum absolute atomic E-state index is 10.4. The second-order valence-electron chi connectivity index (χ2n) is 3.79. The molecule has 0 saturated carbocycles. The highest BCUT2D eigenvalue weighted by Gasteiger charge is 2.22. The van der Waals surface area contributed by atoms with Crippen LogP contribution < -0.4 is 4.74 Å². The first-order chi connectivity index (χ1) is 8.54. The lowest BCUT2D eigenvalue weighted by Gasteiger charge is -2.15. The smallest absolute Gasteiger partial charge is 0.162 e. The van der Waals surface area contributed by atoms with Crippen LogP contribution >= 0.6 is 27.5 Å². The number of halogens is 2. The van der Waals surface area contributed by atoms with Crippen molar-refractivity contribution in [2.24, 2.45) is 7.05 Å². The number of hydrogen-bond donors (Lipinski definition) is 1. The first-order valence-electron chi connectivity index (χ1n) is 5.23. The van der Waals surface area contributed by atoms with E-state index < -0.39 is 6.10 Å². The third kappa shape index (κ3) is 2.39. The summed E-state index contributed by atoms with van der Waals surface area (Å²) in [5, 5.41) is 15.1. The molecule has 1 aromatic heterocycles. The third-order valence-electron chi connectivity index (χ3n) is 2.68. The second kappa shape index (κ2) is 5.30. The Bertz CT molecular complexity index is 571. The molecule has 0 amide bonds. The molecule has 0 radical (unpaired) electrons. The van der Waals surface area contributed by atoms with E-state index in [2.05, 4.69) is 21.0 Å². The van der Waals surface area contributed by atoms with Crippen LogP contribution in [-0.2, 0) is 7.05 Å². The normalized spacial score (nSPS) is 12.5. The average molecular weight is 332 g/mol. The summed E-state index contributed by atoms with van der Waals surface area (Å²) >= 11 is 9.35. The summed E-state index contributed by atoms with van der Waals surface area (Å²) in [6, 6.07) is 5.26. The Kier molecular flexibility index (Phi) is 3.94. The molecule has 18 heavy (non-hydrogen) atoms. The Morgan fingerprint density at radius 1 is 1.50 bits per heavy atom. The van der Waals surface area contributed by atoms with E-state index in [1.54, 1.807) is 43.2 Å². The van der Waals surface area contributed by atoms with Gasteiger partial charge >= 0.3 is 0 Å². The first kappa shape index (κ1) is 13.4. The lowest BCUT2D eigenvalue weighted by molar-refractivity contribution is 0.203. The number of aliphatic hydroxyl groups is 1. The van der Waals surface area contributed by atoms with Crippen molar-refractivity contribution in [3.63, 3.8) is 0 Å². The van der Waals surface area contributed by atoms with Gasteiger partial charge in [0.2, 0.25) is 0 Å². The fraction of sp³-hybridized carbons (Fsp3) is 0.250. The summed E-state index contributed by atoms with van der Waals surface area (Å²) in [7, 11) is 3.29. The van der Waals surface area contributed by atoms with Gasteiger partial charge in [-0.2, -0.15) is 5.10 Å². The van der Waals surface area contributed by atoms with E-state index in [-0.39, 0.29) is 0 Å². The van der Waals surface area contributed by atoms with Crippen molar-refractivity contribution in [1.29, 1.82) is 0 Å². The van der Waals surface area contributed by atoms with Gasteiger partial charge in [0, 0.05) is 22.1 Å². The molecule has 2 rings (SSSR count). The van der Waals surface area contributed by atoms with Gasteiger partial charge in [0.15, 0.2) is 5.75 Å². The van der Waals surface area contributed by atoms with E-state index in [4.69, 9.17) is 16.3 Å². The molecule has 1 heterocycles. The minimum absolute atomic E-state index is 0.539. The van der Waals surface area contributed by atoms with Crippen LogP contribution in [0.15, 0.2) is 28.9 Å². The van der Waals surface area contributed by atoms with Gasteiger partial charge in [0.25, 0.3) is 0 Å². The topological polar surface area (TPSA) is 47.3 Å². The number of benzene rings is 1. The Balaban J connectivity index is 2.50. The fourth-order valence-electron chi connectivity index (χ4n) is 1.77. The van der Waals surface area contributed by atoms with Gasteiger partial charge < -0.3 is 9.84 Å². The van der Waals surface area contributed by atoms with Crippen LogP contribution in [0, 0.1) is 0 Å². The van der Waals surface area contributed by atoms with Crippen LogP contribution in [0.4, 0.5) is 0 Å². The van der Waals surface area contributed by atoms with Crippen molar-refractivity contribution in [3.05, 3.63) is 45.1 Å². The van der Waals surface area contributed by atoms with E-state index in [0.717, 1.165) is 4.47 Å². The number of methoxy groups -OCH3 is 1. The Morgan fingerprint density at radius 3 is 2.89 bits per heavy atom. The first-order valence-corrected chi connectivity index (χ1v) is 6.40. The zero-order valence-electron chi connectivity index (χ0n) is 9.89. The summed E-state index contributed by atoms with van der Waals surface area (Å²) in [6.07, 6.45) is 0.706. The molecule has 2 aromatic rings. The van der Waals surface area contributed by atoms with Gasteiger partial charge in [-0.1, -0.05) is 27.5 Å². The van der Waals surface area contributed by atoms with Gasteiger partial charge in [-0.15, -0.1) is 0 Å². The molecule has 0 fully saturated rings. The molecule has 1 unspecified atom stereocenters. The fourth-order valence-corrected chi connectivity index (χ4v) is 2.41. The van der Waals surface area contributed by atoms with Gasteiger partial charge in [0.05, 0.1) is 13.3 Å². The Labute approximate surface area is 118 Å². The van der Waals surface area contributed by atoms with E-state index in [9.17, 15) is 5.11 Å². The molecule has 96 valence electrons. The van der Waals surface area contributed by atoms with Crippen molar-refractivity contribution in [2.45, 2.75) is 6.10 Å². The molecule has 4 nitrogen and oxygen atoms in total. The minimum atomic E-state index is -0.861. The lowest BCUT2D eigenvalue weighted by Crippen LogP contribution is -2.08. The largest absolute Gasteiger partial charge is 0.493 e. The highest BCUT2D eigenvalue weighted by molar-refractivity contribution is 9.10. The van der Waals surface area contributed by atoms with Crippen molar-refractivity contribution < 1.29 is 9.84 Å². The van der Waals surface area contributed by atoms with Gasteiger partial charge in [-0.3, -0.25) is 4.68 Å². The summed E-state index contributed by atoms with van der Waals surface area (Å²) in [6.45, 7) is 0. The van der Waals surface area contributed by atoms with Crippen molar-refractivity contribution in [2.75, 3.05) is 7.11 Å². The van der Waals surface area contributed by atoms with Crippen LogP contribution in [0.2, 0.25) is 5.02 Å². The van der Waals surface area contributed by atoms with Crippen LogP contribution in [0.25, 0.3) is 0 Å². The van der Waals surface area contributed by atoms with Crippen LogP contribution in [0.5, 0.6) is 5.75 Å². The van der Waals surface area contributed by atoms with Gasteiger partial charge in [0.1, 0.15) is 11.8 Å². The summed E-state index contributed by atoms with van der Waals surface area (Å²) in [4.78, 5) is 0. The third-order valence-corrected chi connectivity index (χ3v) is 3.64. The molecular formula is C12H12BrClN2O2. The number of aliphatic hydroxyl groups excluding tert-OH is 1. The molecule has 0 saturated heterocycles. The number of nitrogens with zero attached hydrogens (tertiary/aromatic N) is 2. The molecule has 1 aromatic carbocycles. The SMILES string of the molecule is COc1cnn(C)c1C(O)c1cc(Cl)ccc1Br. The van der Waals surface area contributed by atoms with E-state index in [1.165, 1.54) is 0 Å². The molecule has 1 N–H and O–H groups in total. The molecule has 0 aliphatic rings. The molecule has 6 heteroatoms. The molecule has 0 aliphatic heterocycles. The lowest BCUT2D eigenvalue weighted by atomic mass is 10.1. The molecule has 0 spiro atoms. The number of aryl methyl sites for hydroxylation is 1. The van der Waals surface area contributed by atoms with Crippen molar-refractivity contribution >= 4 is 27.5 Å². The average Bonchev–Trinajstić information content (AvgIpc) is 2.72.